The second-order valence-electron chi connectivity index (χ2n) is 9.09. The van der Waals surface area contributed by atoms with Gasteiger partial charge in [0.1, 0.15) is 0 Å². The average molecular weight is 421 g/mol. The van der Waals surface area contributed by atoms with Gasteiger partial charge in [-0.25, -0.2) is 9.97 Å². The minimum atomic E-state index is 0.0105. The number of carbonyl (C=O) groups excluding carboxylic acids is 1. The molecular weight excluding hydrogens is 388 g/mol. The van der Waals surface area contributed by atoms with Crippen LogP contribution in [0.4, 0.5) is 5.95 Å². The van der Waals surface area contributed by atoms with Crippen LogP contribution in [0.5, 0.6) is 0 Å². The summed E-state index contributed by atoms with van der Waals surface area (Å²) in [6, 6.07) is 11.1. The molecule has 2 atom stereocenters. The van der Waals surface area contributed by atoms with E-state index in [1.54, 1.807) is 0 Å². The summed E-state index contributed by atoms with van der Waals surface area (Å²) in [4.78, 5) is 25.2. The van der Waals surface area contributed by atoms with Gasteiger partial charge in [-0.2, -0.15) is 0 Å². The number of aryl methyl sites for hydroxylation is 1. The number of hydrogen-bond donors (Lipinski definition) is 1. The Morgan fingerprint density at radius 3 is 2.74 bits per heavy atom. The molecule has 0 saturated carbocycles. The number of aromatic nitrogens is 2. The van der Waals surface area contributed by atoms with Gasteiger partial charge in [-0.15, -0.1) is 0 Å². The monoisotopic (exact) mass is 420 g/mol. The number of ether oxygens (including phenoxy) is 1. The van der Waals surface area contributed by atoms with Gasteiger partial charge in [0, 0.05) is 50.0 Å². The fourth-order valence-electron chi connectivity index (χ4n) is 5.29. The van der Waals surface area contributed by atoms with Crippen molar-refractivity contribution in [2.24, 2.45) is 5.92 Å². The third-order valence-corrected chi connectivity index (χ3v) is 7.02. The predicted molar refractivity (Wildman–Crippen MR) is 120 cm³/mol. The number of likely N-dealkylation sites (tertiary alicyclic amines) is 1. The van der Waals surface area contributed by atoms with Crippen molar-refractivity contribution in [3.05, 3.63) is 53.3 Å². The molecule has 1 amide bonds. The number of nitrogens with zero attached hydrogens (tertiary/aromatic N) is 3. The molecule has 1 aromatic heterocycles. The van der Waals surface area contributed by atoms with Crippen molar-refractivity contribution in [3.8, 4) is 0 Å². The summed E-state index contributed by atoms with van der Waals surface area (Å²) in [5.74, 6) is 1.01. The molecule has 164 valence electrons. The fraction of sp³-hybridized carbons (Fsp3) is 0.560. The van der Waals surface area contributed by atoms with Crippen LogP contribution in [0.1, 0.15) is 61.4 Å². The standard InChI is InChI=1S/C25H32N4O2/c30-24(29-13-5-10-23(29)18-6-2-1-3-7-18)19-8-4-9-20-17-26-25(28-22(20)16-19)27-21-11-14-31-15-12-21/h1-3,6-7,17,19,21,23H,4-5,8-16H2,(H,26,27,28). The van der Waals surface area contributed by atoms with Crippen LogP contribution < -0.4 is 5.32 Å². The van der Waals surface area contributed by atoms with Crippen LogP contribution in [0.25, 0.3) is 0 Å². The number of amides is 1. The van der Waals surface area contributed by atoms with E-state index in [1.807, 2.05) is 12.3 Å². The Morgan fingerprint density at radius 1 is 1.06 bits per heavy atom. The molecule has 1 aromatic carbocycles. The molecule has 2 saturated heterocycles. The van der Waals surface area contributed by atoms with Crippen LogP contribution >= 0.6 is 0 Å². The quantitative estimate of drug-likeness (QED) is 0.759. The van der Waals surface area contributed by atoms with Crippen molar-refractivity contribution in [3.63, 3.8) is 0 Å². The Bertz CT molecular complexity index is 898. The molecule has 31 heavy (non-hydrogen) atoms. The van der Waals surface area contributed by atoms with E-state index < -0.39 is 0 Å². The van der Waals surface area contributed by atoms with E-state index in [1.165, 1.54) is 11.1 Å². The molecule has 6 nitrogen and oxygen atoms in total. The predicted octanol–water partition coefficient (Wildman–Crippen LogP) is 3.93. The molecule has 0 bridgehead atoms. The third kappa shape index (κ3) is 4.59. The second kappa shape index (κ2) is 9.35. The van der Waals surface area contributed by atoms with Gasteiger partial charge in [0.2, 0.25) is 11.9 Å². The molecule has 1 N–H and O–H groups in total. The van der Waals surface area contributed by atoms with Crippen LogP contribution in [0.15, 0.2) is 36.5 Å². The minimum absolute atomic E-state index is 0.0105. The topological polar surface area (TPSA) is 67.3 Å². The lowest BCUT2D eigenvalue weighted by Crippen LogP contribution is -2.36. The molecule has 2 unspecified atom stereocenters. The van der Waals surface area contributed by atoms with Gasteiger partial charge in [-0.1, -0.05) is 30.3 Å². The summed E-state index contributed by atoms with van der Waals surface area (Å²) in [6.07, 6.45) is 9.69. The van der Waals surface area contributed by atoms with Gasteiger partial charge < -0.3 is 15.0 Å². The third-order valence-electron chi connectivity index (χ3n) is 7.02. The molecule has 6 heteroatoms. The van der Waals surface area contributed by atoms with Gasteiger partial charge >= 0.3 is 0 Å². The number of benzene rings is 1. The summed E-state index contributed by atoms with van der Waals surface area (Å²) >= 11 is 0. The van der Waals surface area contributed by atoms with Crippen LogP contribution in [0.3, 0.4) is 0 Å². The zero-order chi connectivity index (χ0) is 21.0. The molecule has 0 radical (unpaired) electrons. The van der Waals surface area contributed by atoms with Gasteiger partial charge in [0.25, 0.3) is 0 Å². The number of hydrogen-bond acceptors (Lipinski definition) is 5. The van der Waals surface area contributed by atoms with Gasteiger partial charge in [0.15, 0.2) is 0 Å². The van der Waals surface area contributed by atoms with Crippen molar-refractivity contribution in [2.75, 3.05) is 25.1 Å². The molecule has 3 aliphatic rings. The lowest BCUT2D eigenvalue weighted by Gasteiger charge is -2.29. The van der Waals surface area contributed by atoms with Crippen molar-refractivity contribution in [1.29, 1.82) is 0 Å². The normalized spacial score (nSPS) is 24.5. The van der Waals surface area contributed by atoms with E-state index in [2.05, 4.69) is 39.5 Å². The van der Waals surface area contributed by atoms with Crippen molar-refractivity contribution < 1.29 is 9.53 Å². The molecule has 2 aromatic rings. The van der Waals surface area contributed by atoms with E-state index in [9.17, 15) is 4.79 Å². The lowest BCUT2D eigenvalue weighted by atomic mass is 9.96. The number of fused-ring (bicyclic) bond motifs is 1. The fourth-order valence-corrected chi connectivity index (χ4v) is 5.29. The first-order valence-corrected chi connectivity index (χ1v) is 11.8. The highest BCUT2D eigenvalue weighted by Crippen LogP contribution is 2.35. The maximum absolute atomic E-state index is 13.6. The number of nitrogens with one attached hydrogen (secondary N) is 1. The van der Waals surface area contributed by atoms with Crippen molar-refractivity contribution in [1.82, 2.24) is 14.9 Å². The Hall–Kier alpha value is -2.47. The number of carbonyl (C=O) groups is 1. The Balaban J connectivity index is 1.31. The van der Waals surface area contributed by atoms with E-state index in [0.717, 1.165) is 76.8 Å². The first kappa shape index (κ1) is 20.4. The van der Waals surface area contributed by atoms with Crippen LogP contribution in [-0.4, -0.2) is 46.6 Å². The van der Waals surface area contributed by atoms with Crippen LogP contribution in [0.2, 0.25) is 0 Å². The molecule has 2 fully saturated rings. The first-order chi connectivity index (χ1) is 15.3. The Morgan fingerprint density at radius 2 is 1.90 bits per heavy atom. The van der Waals surface area contributed by atoms with Gasteiger partial charge in [-0.05, 0) is 56.1 Å². The largest absolute Gasteiger partial charge is 0.381 e. The second-order valence-corrected chi connectivity index (χ2v) is 9.09. The molecule has 2 aliphatic heterocycles. The average Bonchev–Trinajstić information content (AvgIpc) is 3.21. The Kier molecular flexibility index (Phi) is 6.16. The molecule has 0 spiro atoms. The number of rotatable bonds is 4. The summed E-state index contributed by atoms with van der Waals surface area (Å²) < 4.78 is 5.45. The SMILES string of the molecule is O=C(C1CCCc2cnc(NC3CCOCC3)nc2C1)N1CCCC1c1ccccc1. The van der Waals surface area contributed by atoms with Gasteiger partial charge in [0.05, 0.1) is 6.04 Å². The lowest BCUT2D eigenvalue weighted by molar-refractivity contribution is -0.136. The highest BCUT2D eigenvalue weighted by Gasteiger charge is 2.35. The number of anilines is 1. The maximum atomic E-state index is 13.6. The van der Waals surface area contributed by atoms with E-state index in [4.69, 9.17) is 9.72 Å². The van der Waals surface area contributed by atoms with E-state index >= 15 is 0 Å². The Labute approximate surface area is 184 Å². The summed E-state index contributed by atoms with van der Waals surface area (Å²) in [7, 11) is 0. The van der Waals surface area contributed by atoms with Crippen LogP contribution in [-0.2, 0) is 22.4 Å². The molecule has 1 aliphatic carbocycles. The van der Waals surface area contributed by atoms with Crippen molar-refractivity contribution in [2.45, 2.75) is 63.5 Å². The highest BCUT2D eigenvalue weighted by atomic mass is 16.5. The van der Waals surface area contributed by atoms with E-state index in [-0.39, 0.29) is 12.0 Å². The smallest absolute Gasteiger partial charge is 0.226 e. The zero-order valence-corrected chi connectivity index (χ0v) is 18.1. The first-order valence-electron chi connectivity index (χ1n) is 11.8. The van der Waals surface area contributed by atoms with Crippen molar-refractivity contribution >= 4 is 11.9 Å². The van der Waals surface area contributed by atoms with E-state index in [0.29, 0.717) is 17.9 Å². The van der Waals surface area contributed by atoms with Gasteiger partial charge in [-0.3, -0.25) is 4.79 Å². The summed E-state index contributed by atoms with van der Waals surface area (Å²) in [5.41, 5.74) is 3.51. The molecular formula is C25H32N4O2. The molecule has 3 heterocycles. The highest BCUT2D eigenvalue weighted by molar-refractivity contribution is 5.80. The zero-order valence-electron chi connectivity index (χ0n) is 18.1. The minimum Gasteiger partial charge on any atom is -0.381 e. The molecule has 5 rings (SSSR count). The van der Waals surface area contributed by atoms with Crippen LogP contribution in [0, 0.1) is 5.92 Å². The summed E-state index contributed by atoms with van der Waals surface area (Å²) in [5, 5.41) is 3.48. The summed E-state index contributed by atoms with van der Waals surface area (Å²) in [6.45, 7) is 2.44. The maximum Gasteiger partial charge on any atom is 0.226 e.